The number of hydrogen-bond acceptors (Lipinski definition) is 3. The van der Waals surface area contributed by atoms with E-state index in [2.05, 4.69) is 77.2 Å². The van der Waals surface area contributed by atoms with Crippen molar-refractivity contribution in [3.63, 3.8) is 0 Å². The van der Waals surface area contributed by atoms with E-state index in [9.17, 15) is 4.79 Å². The predicted molar refractivity (Wildman–Crippen MR) is 139 cm³/mol. The van der Waals surface area contributed by atoms with E-state index in [1.807, 2.05) is 28.8 Å². The van der Waals surface area contributed by atoms with Crippen LogP contribution in [0.1, 0.15) is 34.7 Å². The average molecular weight is 455 g/mol. The Balaban J connectivity index is 1.24. The lowest BCUT2D eigenvalue weighted by Crippen LogP contribution is -2.48. The number of H-pyrrole nitrogens is 1. The van der Waals surface area contributed by atoms with Crippen LogP contribution in [0.25, 0.3) is 11.0 Å². The summed E-state index contributed by atoms with van der Waals surface area (Å²) in [5, 5.41) is 0. The van der Waals surface area contributed by atoms with Crippen LogP contribution >= 0.6 is 0 Å². The molecule has 1 aliphatic rings. The first kappa shape index (κ1) is 22.6. The monoisotopic (exact) mass is 454 g/mol. The van der Waals surface area contributed by atoms with Gasteiger partial charge >= 0.3 is 5.69 Å². The van der Waals surface area contributed by atoms with Gasteiger partial charge in [0.15, 0.2) is 0 Å². The number of imidazole rings is 1. The molecule has 2 heterocycles. The van der Waals surface area contributed by atoms with Crippen LogP contribution in [0.3, 0.4) is 0 Å². The molecule has 34 heavy (non-hydrogen) atoms. The highest BCUT2D eigenvalue weighted by molar-refractivity contribution is 5.74. The van der Waals surface area contributed by atoms with Crippen LogP contribution in [-0.4, -0.2) is 52.1 Å². The number of aryl methyl sites for hydroxylation is 3. The second-order valence-corrected chi connectivity index (χ2v) is 9.50. The second kappa shape index (κ2) is 10.00. The zero-order valence-electron chi connectivity index (χ0n) is 20.2. The molecule has 0 amide bonds. The summed E-state index contributed by atoms with van der Waals surface area (Å²) < 4.78 is 1.87. The minimum absolute atomic E-state index is 0.00908. The van der Waals surface area contributed by atoms with Gasteiger partial charge in [0, 0.05) is 32.7 Å². The number of aromatic nitrogens is 2. The number of nitrogens with zero attached hydrogens (tertiary/aromatic N) is 3. The topological polar surface area (TPSA) is 44.3 Å². The predicted octanol–water partition coefficient (Wildman–Crippen LogP) is 4.74. The van der Waals surface area contributed by atoms with E-state index < -0.39 is 0 Å². The first-order valence-corrected chi connectivity index (χ1v) is 12.4. The maximum Gasteiger partial charge on any atom is 0.326 e. The van der Waals surface area contributed by atoms with E-state index in [0.717, 1.165) is 56.7 Å². The fraction of sp³-hybridized carbons (Fsp3) is 0.345. The number of para-hydroxylation sites is 2. The Morgan fingerprint density at radius 1 is 0.853 bits per heavy atom. The Bertz CT molecular complexity index is 1300. The lowest BCUT2D eigenvalue weighted by molar-refractivity contribution is 0.107. The highest BCUT2D eigenvalue weighted by atomic mass is 16.1. The van der Waals surface area contributed by atoms with Gasteiger partial charge in [0.05, 0.1) is 17.1 Å². The van der Waals surface area contributed by atoms with E-state index in [4.69, 9.17) is 0 Å². The molecular formula is C29H34N4O. The van der Waals surface area contributed by atoms with Crippen LogP contribution < -0.4 is 5.69 Å². The summed E-state index contributed by atoms with van der Waals surface area (Å²) in [6.45, 7) is 10.4. The van der Waals surface area contributed by atoms with Crippen molar-refractivity contribution in [2.24, 2.45) is 0 Å². The fourth-order valence-corrected chi connectivity index (χ4v) is 5.38. The summed E-state index contributed by atoms with van der Waals surface area (Å²) in [6, 6.07) is 26.0. The van der Waals surface area contributed by atoms with E-state index in [0.29, 0.717) is 0 Å². The van der Waals surface area contributed by atoms with Crippen molar-refractivity contribution >= 4 is 11.0 Å². The van der Waals surface area contributed by atoms with Crippen molar-refractivity contribution in [1.29, 1.82) is 0 Å². The molecular weight excluding hydrogens is 420 g/mol. The third-order valence-corrected chi connectivity index (χ3v) is 7.14. The lowest BCUT2D eigenvalue weighted by Gasteiger charge is -2.40. The fourth-order valence-electron chi connectivity index (χ4n) is 5.38. The molecule has 0 bridgehead atoms. The van der Waals surface area contributed by atoms with Gasteiger partial charge in [-0.15, -0.1) is 0 Å². The molecule has 4 aromatic rings. The van der Waals surface area contributed by atoms with Gasteiger partial charge in [0.25, 0.3) is 0 Å². The zero-order valence-corrected chi connectivity index (χ0v) is 20.2. The molecule has 3 aromatic carbocycles. The molecule has 5 heteroatoms. The number of piperazine rings is 1. The van der Waals surface area contributed by atoms with Crippen molar-refractivity contribution in [2.75, 3.05) is 32.7 Å². The number of rotatable bonds is 7. The minimum Gasteiger partial charge on any atom is -0.306 e. The van der Waals surface area contributed by atoms with E-state index in [-0.39, 0.29) is 11.7 Å². The van der Waals surface area contributed by atoms with Gasteiger partial charge in [-0.05, 0) is 55.6 Å². The normalized spacial score (nSPS) is 16.2. The van der Waals surface area contributed by atoms with Crippen molar-refractivity contribution in [3.8, 4) is 0 Å². The standard InChI is InChI=1S/C29H34N4O/c1-22-13-14-25(23(2)21-22)28(24-9-4-3-5-10-24)32-19-17-31(18-20-32)15-8-16-33-27-12-7-6-11-26(27)30-29(33)34/h3-7,9-14,21,28H,8,15-20H2,1-2H3,(H,30,34). The number of benzene rings is 3. The molecule has 1 aromatic heterocycles. The molecule has 5 rings (SSSR count). The molecule has 1 unspecified atom stereocenters. The van der Waals surface area contributed by atoms with Gasteiger partial charge in [-0.2, -0.15) is 0 Å². The second-order valence-electron chi connectivity index (χ2n) is 9.50. The Labute approximate surface area is 201 Å². The molecule has 1 atom stereocenters. The molecule has 1 aliphatic heterocycles. The summed E-state index contributed by atoms with van der Waals surface area (Å²) in [5.41, 5.74) is 7.35. The maximum absolute atomic E-state index is 12.3. The smallest absolute Gasteiger partial charge is 0.306 e. The third-order valence-electron chi connectivity index (χ3n) is 7.14. The van der Waals surface area contributed by atoms with Gasteiger partial charge in [0.1, 0.15) is 0 Å². The summed E-state index contributed by atoms with van der Waals surface area (Å²) in [4.78, 5) is 20.5. The number of hydrogen-bond donors (Lipinski definition) is 1. The summed E-state index contributed by atoms with van der Waals surface area (Å²) in [5.74, 6) is 0. The Kier molecular flexibility index (Phi) is 6.66. The van der Waals surface area contributed by atoms with Crippen molar-refractivity contribution < 1.29 is 0 Å². The first-order chi connectivity index (χ1) is 16.6. The summed E-state index contributed by atoms with van der Waals surface area (Å²) in [6.07, 6.45) is 0.973. The molecule has 1 N–H and O–H groups in total. The van der Waals surface area contributed by atoms with E-state index in [1.165, 1.54) is 22.3 Å². The van der Waals surface area contributed by atoms with Gasteiger partial charge < -0.3 is 9.88 Å². The summed E-state index contributed by atoms with van der Waals surface area (Å²) in [7, 11) is 0. The molecule has 0 radical (unpaired) electrons. The van der Waals surface area contributed by atoms with Gasteiger partial charge in [0.2, 0.25) is 0 Å². The van der Waals surface area contributed by atoms with Crippen LogP contribution in [0.4, 0.5) is 0 Å². The SMILES string of the molecule is Cc1ccc(C(c2ccccc2)N2CCN(CCCn3c(=O)[nH]c4ccccc43)CC2)c(C)c1. The van der Waals surface area contributed by atoms with Crippen molar-refractivity contribution in [1.82, 2.24) is 19.4 Å². The van der Waals surface area contributed by atoms with Crippen LogP contribution in [0.5, 0.6) is 0 Å². The molecule has 0 saturated carbocycles. The Hall–Kier alpha value is -3.15. The maximum atomic E-state index is 12.3. The Morgan fingerprint density at radius 3 is 2.35 bits per heavy atom. The summed E-state index contributed by atoms with van der Waals surface area (Å²) >= 11 is 0. The quantitative estimate of drug-likeness (QED) is 0.439. The molecule has 1 saturated heterocycles. The molecule has 1 fully saturated rings. The average Bonchev–Trinajstić information content (AvgIpc) is 3.17. The van der Waals surface area contributed by atoms with Crippen LogP contribution in [0.15, 0.2) is 77.6 Å². The van der Waals surface area contributed by atoms with Crippen LogP contribution in [0.2, 0.25) is 0 Å². The molecule has 176 valence electrons. The van der Waals surface area contributed by atoms with Crippen molar-refractivity contribution in [3.05, 3.63) is 106 Å². The van der Waals surface area contributed by atoms with E-state index >= 15 is 0 Å². The third kappa shape index (κ3) is 4.72. The van der Waals surface area contributed by atoms with Crippen molar-refractivity contribution in [2.45, 2.75) is 32.9 Å². The molecule has 0 aliphatic carbocycles. The van der Waals surface area contributed by atoms with Gasteiger partial charge in [-0.1, -0.05) is 66.2 Å². The lowest BCUT2D eigenvalue weighted by atomic mass is 9.92. The van der Waals surface area contributed by atoms with Gasteiger partial charge in [-0.3, -0.25) is 9.47 Å². The minimum atomic E-state index is -0.00908. The molecule has 5 nitrogen and oxygen atoms in total. The number of fused-ring (bicyclic) bond motifs is 1. The van der Waals surface area contributed by atoms with Crippen LogP contribution in [0, 0.1) is 13.8 Å². The number of nitrogens with one attached hydrogen (secondary N) is 1. The molecule has 0 spiro atoms. The van der Waals surface area contributed by atoms with Gasteiger partial charge in [-0.25, -0.2) is 4.79 Å². The number of aromatic amines is 1. The largest absolute Gasteiger partial charge is 0.326 e. The zero-order chi connectivity index (χ0) is 23.5. The highest BCUT2D eigenvalue weighted by Crippen LogP contribution is 2.32. The van der Waals surface area contributed by atoms with Crippen LogP contribution in [-0.2, 0) is 6.54 Å². The Morgan fingerprint density at radius 2 is 1.59 bits per heavy atom. The van der Waals surface area contributed by atoms with E-state index in [1.54, 1.807) is 0 Å². The highest BCUT2D eigenvalue weighted by Gasteiger charge is 2.27. The first-order valence-electron chi connectivity index (χ1n) is 12.4.